The van der Waals surface area contributed by atoms with Gasteiger partial charge in [-0.1, -0.05) is 19.9 Å². The van der Waals surface area contributed by atoms with E-state index in [9.17, 15) is 5.11 Å². The minimum absolute atomic E-state index is 0.111. The van der Waals surface area contributed by atoms with E-state index in [0.29, 0.717) is 5.92 Å². The molecule has 5 nitrogen and oxygen atoms in total. The first-order valence-electron chi connectivity index (χ1n) is 11.0. The van der Waals surface area contributed by atoms with E-state index < -0.39 is 0 Å². The average Bonchev–Trinajstić information content (AvgIpc) is 3.22. The predicted octanol–water partition coefficient (Wildman–Crippen LogP) is 3.70. The van der Waals surface area contributed by atoms with Crippen LogP contribution < -0.4 is 10.6 Å². The number of guanidine groups is 1. The van der Waals surface area contributed by atoms with Crippen molar-refractivity contribution in [3.8, 4) is 0 Å². The Balaban J connectivity index is 1.87. The number of hydrogen-bond donors (Lipinski definition) is 3. The van der Waals surface area contributed by atoms with Crippen molar-refractivity contribution in [3.63, 3.8) is 0 Å². The summed E-state index contributed by atoms with van der Waals surface area (Å²) in [6.45, 7) is 12.8. The minimum Gasteiger partial charge on any atom is -0.396 e. The second kappa shape index (κ2) is 12.5. The van der Waals surface area contributed by atoms with Crippen molar-refractivity contribution in [3.05, 3.63) is 22.4 Å². The zero-order chi connectivity index (χ0) is 20.2. The van der Waals surface area contributed by atoms with Crippen molar-refractivity contribution in [1.29, 1.82) is 0 Å². The Morgan fingerprint density at radius 1 is 1.32 bits per heavy atom. The van der Waals surface area contributed by atoms with Crippen LogP contribution in [0.3, 0.4) is 0 Å². The third kappa shape index (κ3) is 7.37. The molecule has 1 fully saturated rings. The summed E-state index contributed by atoms with van der Waals surface area (Å²) in [7, 11) is 0. The molecule has 0 aromatic carbocycles. The number of thiophene rings is 1. The zero-order valence-electron chi connectivity index (χ0n) is 18.0. The van der Waals surface area contributed by atoms with Crippen molar-refractivity contribution in [2.45, 2.75) is 59.4 Å². The van der Waals surface area contributed by atoms with Crippen molar-refractivity contribution >= 4 is 17.3 Å². The summed E-state index contributed by atoms with van der Waals surface area (Å²) in [5, 5.41) is 18.6. The van der Waals surface area contributed by atoms with Crippen LogP contribution in [0.25, 0.3) is 0 Å². The summed E-state index contributed by atoms with van der Waals surface area (Å²) in [5.74, 6) is 1.58. The van der Waals surface area contributed by atoms with Gasteiger partial charge in [-0.2, -0.15) is 0 Å². The summed E-state index contributed by atoms with van der Waals surface area (Å²) in [5.41, 5.74) is 0.111. The largest absolute Gasteiger partial charge is 0.396 e. The lowest BCUT2D eigenvalue weighted by Crippen LogP contribution is -2.44. The number of piperidine rings is 1. The first kappa shape index (κ1) is 23.2. The van der Waals surface area contributed by atoms with Crippen molar-refractivity contribution in [1.82, 2.24) is 15.5 Å². The van der Waals surface area contributed by atoms with Gasteiger partial charge in [-0.15, -0.1) is 11.3 Å². The normalized spacial score (nSPS) is 19.0. The molecule has 1 saturated heterocycles. The van der Waals surface area contributed by atoms with Gasteiger partial charge in [0.1, 0.15) is 0 Å². The van der Waals surface area contributed by atoms with Crippen LogP contribution in [0.5, 0.6) is 0 Å². The third-order valence-corrected chi connectivity index (χ3v) is 7.04. The number of nitrogens with zero attached hydrogens (tertiary/aromatic N) is 2. The molecule has 1 aromatic rings. The van der Waals surface area contributed by atoms with Gasteiger partial charge in [0, 0.05) is 44.2 Å². The van der Waals surface area contributed by atoms with E-state index in [4.69, 9.17) is 4.99 Å². The standard InChI is InChI=1S/C22H40N4OS/c1-4-22(5-2,11-13-27)18-25-21(23-6-3)24-15-19-9-7-12-26(16-19)17-20-10-8-14-28-20/h8,10,14,19,27H,4-7,9,11-13,15-18H2,1-3H3,(H2,23,24,25). The number of hydrogen-bond acceptors (Lipinski definition) is 4. The quantitative estimate of drug-likeness (QED) is 0.386. The lowest BCUT2D eigenvalue weighted by atomic mass is 9.79. The highest BCUT2D eigenvalue weighted by Crippen LogP contribution is 2.30. The summed E-state index contributed by atoms with van der Waals surface area (Å²) >= 11 is 1.86. The molecule has 6 heteroatoms. The fourth-order valence-corrected chi connectivity index (χ4v) is 4.80. The number of aliphatic hydroxyl groups excluding tert-OH is 1. The second-order valence-electron chi connectivity index (χ2n) is 8.08. The van der Waals surface area contributed by atoms with Crippen LogP contribution in [0, 0.1) is 11.3 Å². The molecule has 1 aliphatic heterocycles. The maximum absolute atomic E-state index is 9.44. The maximum atomic E-state index is 9.44. The molecule has 1 unspecified atom stereocenters. The highest BCUT2D eigenvalue weighted by Gasteiger charge is 2.25. The highest BCUT2D eigenvalue weighted by atomic mass is 32.1. The molecule has 0 amide bonds. The Kier molecular flexibility index (Phi) is 10.3. The Bertz CT molecular complexity index is 557. The fraction of sp³-hybridized carbons (Fsp3) is 0.773. The van der Waals surface area contributed by atoms with Crippen LogP contribution in [0.1, 0.15) is 57.8 Å². The lowest BCUT2D eigenvalue weighted by molar-refractivity contribution is 0.169. The van der Waals surface area contributed by atoms with Gasteiger partial charge >= 0.3 is 0 Å². The molecule has 2 rings (SSSR count). The molecule has 1 aliphatic rings. The van der Waals surface area contributed by atoms with Gasteiger partial charge < -0.3 is 15.7 Å². The van der Waals surface area contributed by atoms with Gasteiger partial charge in [0.15, 0.2) is 5.96 Å². The molecule has 2 heterocycles. The minimum atomic E-state index is 0.111. The predicted molar refractivity (Wildman–Crippen MR) is 121 cm³/mol. The van der Waals surface area contributed by atoms with E-state index in [1.54, 1.807) is 0 Å². The first-order chi connectivity index (χ1) is 13.6. The van der Waals surface area contributed by atoms with Gasteiger partial charge in [-0.05, 0) is 68.4 Å². The Labute approximate surface area is 175 Å². The van der Waals surface area contributed by atoms with Gasteiger partial charge in [-0.3, -0.25) is 9.89 Å². The third-order valence-electron chi connectivity index (χ3n) is 6.18. The van der Waals surface area contributed by atoms with E-state index in [0.717, 1.165) is 57.9 Å². The summed E-state index contributed by atoms with van der Waals surface area (Å²) in [4.78, 5) is 8.93. The van der Waals surface area contributed by atoms with Crippen molar-refractivity contribution in [2.24, 2.45) is 16.3 Å². The molecule has 0 bridgehead atoms. The number of rotatable bonds is 11. The number of aliphatic imine (C=N–C) groups is 1. The average molecular weight is 409 g/mol. The number of nitrogens with one attached hydrogen (secondary N) is 2. The van der Waals surface area contributed by atoms with Crippen molar-refractivity contribution < 1.29 is 5.11 Å². The Morgan fingerprint density at radius 3 is 2.79 bits per heavy atom. The molecule has 160 valence electrons. The SMILES string of the molecule is CCNC(=NCC(CC)(CC)CCO)NCC1CCCN(Cc2cccs2)C1. The first-order valence-corrected chi connectivity index (χ1v) is 11.9. The second-order valence-corrected chi connectivity index (χ2v) is 9.11. The van der Waals surface area contributed by atoms with Crippen LogP contribution in [0.15, 0.2) is 22.5 Å². The summed E-state index contributed by atoms with van der Waals surface area (Å²) in [6, 6.07) is 4.38. The monoisotopic (exact) mass is 408 g/mol. The zero-order valence-corrected chi connectivity index (χ0v) is 18.9. The lowest BCUT2D eigenvalue weighted by Gasteiger charge is -2.33. The van der Waals surface area contributed by atoms with Gasteiger partial charge in [0.2, 0.25) is 0 Å². The van der Waals surface area contributed by atoms with Gasteiger partial charge in [-0.25, -0.2) is 0 Å². The van der Waals surface area contributed by atoms with Crippen LogP contribution in [0.4, 0.5) is 0 Å². The van der Waals surface area contributed by atoms with Crippen LogP contribution in [-0.2, 0) is 6.54 Å². The molecule has 0 radical (unpaired) electrons. The maximum Gasteiger partial charge on any atom is 0.191 e. The topological polar surface area (TPSA) is 59.9 Å². The van der Waals surface area contributed by atoms with Crippen molar-refractivity contribution in [2.75, 3.05) is 39.3 Å². The molecule has 0 saturated carbocycles. The molecule has 1 atom stereocenters. The van der Waals surface area contributed by atoms with Crippen LogP contribution in [-0.4, -0.2) is 55.3 Å². The van der Waals surface area contributed by atoms with Crippen LogP contribution in [0.2, 0.25) is 0 Å². The highest BCUT2D eigenvalue weighted by molar-refractivity contribution is 7.09. The van der Waals surface area contributed by atoms with E-state index in [1.807, 2.05) is 11.3 Å². The summed E-state index contributed by atoms with van der Waals surface area (Å²) in [6.07, 6.45) is 5.48. The Hall–Kier alpha value is -1.11. The number of likely N-dealkylation sites (tertiary alicyclic amines) is 1. The van der Waals surface area contributed by atoms with Crippen LogP contribution >= 0.6 is 11.3 Å². The molecule has 28 heavy (non-hydrogen) atoms. The molecule has 0 spiro atoms. The molecular formula is C22H40N4OS. The number of aliphatic hydroxyl groups is 1. The van der Waals surface area contributed by atoms with Gasteiger partial charge in [0.25, 0.3) is 0 Å². The van der Waals surface area contributed by atoms with E-state index in [1.165, 1.54) is 24.3 Å². The molecule has 1 aromatic heterocycles. The smallest absolute Gasteiger partial charge is 0.191 e. The molecule has 0 aliphatic carbocycles. The van der Waals surface area contributed by atoms with E-state index in [-0.39, 0.29) is 12.0 Å². The van der Waals surface area contributed by atoms with E-state index >= 15 is 0 Å². The fourth-order valence-electron chi connectivity index (χ4n) is 4.06. The van der Waals surface area contributed by atoms with Gasteiger partial charge in [0.05, 0.1) is 0 Å². The molecular weight excluding hydrogens is 368 g/mol. The van der Waals surface area contributed by atoms with E-state index in [2.05, 4.69) is 53.8 Å². The summed E-state index contributed by atoms with van der Waals surface area (Å²) < 4.78 is 0. The molecule has 3 N–H and O–H groups in total. The Morgan fingerprint density at radius 2 is 2.14 bits per heavy atom.